The Labute approximate surface area is 134 Å². The third-order valence-corrected chi connectivity index (χ3v) is 4.37. The molecule has 4 heteroatoms. The largest absolute Gasteiger partial charge is 0.384 e. The summed E-state index contributed by atoms with van der Waals surface area (Å²) in [6, 6.07) is 6.64. The summed E-state index contributed by atoms with van der Waals surface area (Å²) in [5.41, 5.74) is 1.01. The Kier molecular flexibility index (Phi) is 7.67. The lowest BCUT2D eigenvalue weighted by Gasteiger charge is -2.10. The van der Waals surface area contributed by atoms with Gasteiger partial charge in [0.1, 0.15) is 10.7 Å². The molecule has 0 saturated heterocycles. The quantitative estimate of drug-likeness (QED) is 0.281. The Hall–Kier alpha value is -1.81. The maximum atomic E-state index is 12.3. The van der Waals surface area contributed by atoms with Crippen LogP contribution < -0.4 is 0 Å². The van der Waals surface area contributed by atoms with E-state index in [1.165, 1.54) is 0 Å². The van der Waals surface area contributed by atoms with Gasteiger partial charge in [-0.15, -0.1) is 0 Å². The second-order valence-corrected chi connectivity index (χ2v) is 6.61. The van der Waals surface area contributed by atoms with E-state index < -0.39 is 10.1 Å². The molecule has 0 aliphatic carbocycles. The topological polar surface area (TPSA) is 43.4 Å². The van der Waals surface area contributed by atoms with Gasteiger partial charge in [0, 0.05) is 6.42 Å². The fourth-order valence-electron chi connectivity index (χ4n) is 1.84. The molecule has 120 valence electrons. The van der Waals surface area contributed by atoms with Crippen LogP contribution in [0, 0.1) is 6.92 Å². The van der Waals surface area contributed by atoms with Crippen molar-refractivity contribution < 1.29 is 12.6 Å². The summed E-state index contributed by atoms with van der Waals surface area (Å²) >= 11 is 0. The molecule has 22 heavy (non-hydrogen) atoms. The molecule has 1 aromatic rings. The molecule has 0 N–H and O–H groups in total. The summed E-state index contributed by atoms with van der Waals surface area (Å²) in [5, 5.41) is 0. The molecule has 0 bridgehead atoms. The van der Waals surface area contributed by atoms with Gasteiger partial charge in [0.25, 0.3) is 0 Å². The fraction of sp³-hybridized carbons (Fsp3) is 0.333. The van der Waals surface area contributed by atoms with Gasteiger partial charge in [-0.05, 0) is 31.6 Å². The average molecular weight is 320 g/mol. The standard InChI is InChI=1S/C18H24O3S/c1-4-6-8-10-17(11-9-7-5-2)21-22(19,20)18-14-12-16(3)13-15-18/h4,6,8,10,12-15H,1,5,7,9,11H2,2-3H3/b8-6+,17-10-. The van der Waals surface area contributed by atoms with Crippen LogP contribution in [-0.4, -0.2) is 8.42 Å². The first-order chi connectivity index (χ1) is 10.5. The van der Waals surface area contributed by atoms with Crippen LogP contribution in [0.3, 0.4) is 0 Å². The van der Waals surface area contributed by atoms with E-state index in [1.54, 1.807) is 48.6 Å². The van der Waals surface area contributed by atoms with E-state index in [-0.39, 0.29) is 4.90 Å². The second-order valence-electron chi connectivity index (χ2n) is 5.06. The van der Waals surface area contributed by atoms with Crippen LogP contribution in [0.15, 0.2) is 65.8 Å². The number of rotatable bonds is 9. The van der Waals surface area contributed by atoms with Crippen molar-refractivity contribution in [1.82, 2.24) is 0 Å². The number of hydrogen-bond acceptors (Lipinski definition) is 3. The highest BCUT2D eigenvalue weighted by Gasteiger charge is 2.17. The lowest BCUT2D eigenvalue weighted by atomic mass is 10.2. The molecular weight excluding hydrogens is 296 g/mol. The Morgan fingerprint density at radius 1 is 1.18 bits per heavy atom. The first-order valence-corrected chi connectivity index (χ1v) is 8.90. The van der Waals surface area contributed by atoms with E-state index in [0.29, 0.717) is 12.2 Å². The lowest BCUT2D eigenvalue weighted by molar-refractivity contribution is 0.385. The number of unbranched alkanes of at least 4 members (excludes halogenated alkanes) is 2. The highest BCUT2D eigenvalue weighted by atomic mass is 32.2. The third-order valence-electron chi connectivity index (χ3n) is 3.08. The van der Waals surface area contributed by atoms with Gasteiger partial charge in [0.05, 0.1) is 0 Å². The molecule has 1 aromatic carbocycles. The second kappa shape index (κ2) is 9.26. The van der Waals surface area contributed by atoms with Gasteiger partial charge in [-0.2, -0.15) is 8.42 Å². The van der Waals surface area contributed by atoms with E-state index in [2.05, 4.69) is 13.5 Å². The number of aryl methyl sites for hydroxylation is 1. The molecule has 0 spiro atoms. The number of hydrogen-bond donors (Lipinski definition) is 0. The summed E-state index contributed by atoms with van der Waals surface area (Å²) in [6.07, 6.45) is 10.4. The highest BCUT2D eigenvalue weighted by molar-refractivity contribution is 7.86. The van der Waals surface area contributed by atoms with Crippen LogP contribution in [0.2, 0.25) is 0 Å². The molecule has 1 rings (SSSR count). The van der Waals surface area contributed by atoms with Gasteiger partial charge in [0.2, 0.25) is 0 Å². The Morgan fingerprint density at radius 3 is 2.45 bits per heavy atom. The van der Waals surface area contributed by atoms with E-state index in [0.717, 1.165) is 24.8 Å². The van der Waals surface area contributed by atoms with Crippen LogP contribution >= 0.6 is 0 Å². The Morgan fingerprint density at radius 2 is 1.86 bits per heavy atom. The van der Waals surface area contributed by atoms with Crippen LogP contribution in [0.25, 0.3) is 0 Å². The predicted octanol–water partition coefficient (Wildman–Crippen LogP) is 4.91. The zero-order valence-corrected chi connectivity index (χ0v) is 14.1. The first kappa shape index (κ1) is 18.2. The van der Waals surface area contributed by atoms with Crippen LogP contribution in [0.4, 0.5) is 0 Å². The summed E-state index contributed by atoms with van der Waals surface area (Å²) < 4.78 is 29.9. The maximum Gasteiger partial charge on any atom is 0.338 e. The predicted molar refractivity (Wildman–Crippen MR) is 91.0 cm³/mol. The van der Waals surface area contributed by atoms with Crippen molar-refractivity contribution in [3.63, 3.8) is 0 Å². The van der Waals surface area contributed by atoms with Crippen LogP contribution in [-0.2, 0) is 14.3 Å². The van der Waals surface area contributed by atoms with Gasteiger partial charge in [-0.3, -0.25) is 0 Å². The zero-order chi connectivity index (χ0) is 16.4. The normalized spacial score (nSPS) is 12.5. The summed E-state index contributed by atoms with van der Waals surface area (Å²) in [6.45, 7) is 7.60. The molecule has 0 amide bonds. The first-order valence-electron chi connectivity index (χ1n) is 7.49. The SMILES string of the molecule is C=C/C=C/C=C(/CCCCC)OS(=O)(=O)c1ccc(C)cc1. The summed E-state index contributed by atoms with van der Waals surface area (Å²) in [7, 11) is -3.78. The molecule has 0 atom stereocenters. The molecule has 0 radical (unpaired) electrons. The van der Waals surface area contributed by atoms with E-state index >= 15 is 0 Å². The average Bonchev–Trinajstić information content (AvgIpc) is 2.47. The molecule has 0 aliphatic rings. The minimum absolute atomic E-state index is 0.173. The lowest BCUT2D eigenvalue weighted by Crippen LogP contribution is -2.06. The van der Waals surface area contributed by atoms with Crippen LogP contribution in [0.5, 0.6) is 0 Å². The fourth-order valence-corrected chi connectivity index (χ4v) is 2.82. The Balaban J connectivity index is 2.90. The molecule has 0 heterocycles. The smallest absolute Gasteiger partial charge is 0.338 e. The van der Waals surface area contributed by atoms with E-state index in [4.69, 9.17) is 4.18 Å². The summed E-state index contributed by atoms with van der Waals surface area (Å²) in [5.74, 6) is 0.451. The van der Waals surface area contributed by atoms with Crippen molar-refractivity contribution in [2.75, 3.05) is 0 Å². The molecule has 0 fully saturated rings. The zero-order valence-electron chi connectivity index (χ0n) is 13.3. The maximum absolute atomic E-state index is 12.3. The number of benzene rings is 1. The van der Waals surface area contributed by atoms with E-state index in [1.807, 2.05) is 6.92 Å². The van der Waals surface area contributed by atoms with Crippen LogP contribution in [0.1, 0.15) is 38.2 Å². The van der Waals surface area contributed by atoms with Gasteiger partial charge < -0.3 is 4.18 Å². The minimum Gasteiger partial charge on any atom is -0.384 e. The van der Waals surface area contributed by atoms with Crippen molar-refractivity contribution >= 4 is 10.1 Å². The van der Waals surface area contributed by atoms with E-state index in [9.17, 15) is 8.42 Å². The molecule has 3 nitrogen and oxygen atoms in total. The van der Waals surface area contributed by atoms with Gasteiger partial charge in [0.15, 0.2) is 0 Å². The van der Waals surface area contributed by atoms with Gasteiger partial charge in [-0.1, -0.05) is 62.3 Å². The third kappa shape index (κ3) is 6.31. The molecule has 0 unspecified atom stereocenters. The van der Waals surface area contributed by atoms with Crippen molar-refractivity contribution in [3.8, 4) is 0 Å². The highest BCUT2D eigenvalue weighted by Crippen LogP contribution is 2.20. The molecule has 0 aliphatic heterocycles. The molecule has 0 aromatic heterocycles. The van der Waals surface area contributed by atoms with Crippen molar-refractivity contribution in [3.05, 3.63) is 66.5 Å². The Bertz CT molecular complexity index is 623. The van der Waals surface area contributed by atoms with Gasteiger partial charge >= 0.3 is 10.1 Å². The van der Waals surface area contributed by atoms with Crippen molar-refractivity contribution in [2.24, 2.45) is 0 Å². The van der Waals surface area contributed by atoms with Gasteiger partial charge in [-0.25, -0.2) is 0 Å². The van der Waals surface area contributed by atoms with Crippen molar-refractivity contribution in [2.45, 2.75) is 44.4 Å². The monoisotopic (exact) mass is 320 g/mol. The summed E-state index contributed by atoms with van der Waals surface area (Å²) in [4.78, 5) is 0.173. The van der Waals surface area contributed by atoms with Crippen molar-refractivity contribution in [1.29, 1.82) is 0 Å². The minimum atomic E-state index is -3.78. The molecule has 0 saturated carbocycles. The molecular formula is C18H24O3S. The number of allylic oxidation sites excluding steroid dienone is 5.